The van der Waals surface area contributed by atoms with Crippen molar-refractivity contribution in [3.05, 3.63) is 30.1 Å². The van der Waals surface area contributed by atoms with Gasteiger partial charge in [-0.05, 0) is 31.7 Å². The average Bonchev–Trinajstić information content (AvgIpc) is 3.29. The fraction of sp³-hybridized carbons (Fsp3) is 0.500. The molecule has 1 saturated heterocycles. The molecule has 180 valence electrons. The number of carbonyl (C=O) groups excluding carboxylic acids is 3. The van der Waals surface area contributed by atoms with Crippen molar-refractivity contribution in [1.82, 2.24) is 20.5 Å². The molecular weight excluding hydrogens is 437 g/mol. The summed E-state index contributed by atoms with van der Waals surface area (Å²) in [7, 11) is 0. The number of alkyl halides is 1. The van der Waals surface area contributed by atoms with Crippen molar-refractivity contribution in [1.29, 1.82) is 0 Å². The van der Waals surface area contributed by atoms with Crippen molar-refractivity contribution in [2.45, 2.75) is 43.8 Å². The lowest BCUT2D eigenvalue weighted by Gasteiger charge is -2.29. The van der Waals surface area contributed by atoms with E-state index in [1.807, 2.05) is 0 Å². The third-order valence-corrected chi connectivity index (χ3v) is 5.15. The quantitative estimate of drug-likeness (QED) is 0.163. The number of ketones is 1. The predicted octanol–water partition coefficient (Wildman–Crippen LogP) is -0.542. The third kappa shape index (κ3) is 7.40. The Kier molecular flexibility index (Phi) is 9.51. The molecule has 0 bridgehead atoms. The van der Waals surface area contributed by atoms with E-state index in [4.69, 9.17) is 11.5 Å². The lowest BCUT2D eigenvalue weighted by atomic mass is 10.0. The largest absolute Gasteiger partial charge is 0.465 e. The molecule has 2 heterocycles. The van der Waals surface area contributed by atoms with Gasteiger partial charge in [0.2, 0.25) is 5.91 Å². The normalized spacial score (nSPS) is 17.0. The maximum Gasteiger partial charge on any atom is 0.405 e. The van der Waals surface area contributed by atoms with Gasteiger partial charge in [-0.2, -0.15) is 0 Å². The summed E-state index contributed by atoms with van der Waals surface area (Å²) in [4.78, 5) is 58.3. The molecule has 0 aliphatic carbocycles. The van der Waals surface area contributed by atoms with Crippen LogP contribution in [0.4, 0.5) is 9.18 Å². The number of pyridine rings is 1. The minimum Gasteiger partial charge on any atom is -0.465 e. The lowest BCUT2D eigenvalue weighted by Crippen LogP contribution is -2.53. The summed E-state index contributed by atoms with van der Waals surface area (Å²) >= 11 is 0. The maximum atomic E-state index is 13.2. The van der Waals surface area contributed by atoms with E-state index in [0.29, 0.717) is 24.8 Å². The van der Waals surface area contributed by atoms with Gasteiger partial charge in [0, 0.05) is 31.0 Å². The highest BCUT2D eigenvalue weighted by Crippen LogP contribution is 2.24. The smallest absolute Gasteiger partial charge is 0.405 e. The first-order valence-corrected chi connectivity index (χ1v) is 10.4. The Morgan fingerprint density at radius 3 is 2.67 bits per heavy atom. The van der Waals surface area contributed by atoms with Crippen molar-refractivity contribution in [2.75, 3.05) is 19.8 Å². The van der Waals surface area contributed by atoms with Gasteiger partial charge in [-0.15, -0.1) is 0 Å². The molecule has 1 aromatic heterocycles. The molecule has 2 rings (SSSR count). The van der Waals surface area contributed by atoms with E-state index in [2.05, 4.69) is 20.6 Å². The third-order valence-electron chi connectivity index (χ3n) is 5.15. The number of aliphatic imine (C=N–C) groups is 1. The van der Waals surface area contributed by atoms with Crippen molar-refractivity contribution in [2.24, 2.45) is 16.5 Å². The minimum absolute atomic E-state index is 0.116. The van der Waals surface area contributed by atoms with Crippen LogP contribution in [0.5, 0.6) is 0 Å². The number of nitrogens with two attached hydrogens (primary N) is 2. The number of nitrogens with zero attached hydrogens (tertiary/aromatic N) is 3. The number of nitrogens with one attached hydrogen (secondary N) is 2. The molecule has 0 radical (unpaired) electrons. The van der Waals surface area contributed by atoms with E-state index in [1.165, 1.54) is 17.3 Å². The van der Waals surface area contributed by atoms with Crippen LogP contribution in [-0.4, -0.2) is 76.5 Å². The number of rotatable bonds is 11. The minimum atomic E-state index is -1.41. The summed E-state index contributed by atoms with van der Waals surface area (Å²) in [6.07, 6.45) is 2.69. The Morgan fingerprint density at radius 1 is 1.30 bits per heavy atom. The van der Waals surface area contributed by atoms with Crippen molar-refractivity contribution in [3.63, 3.8) is 0 Å². The summed E-state index contributed by atoms with van der Waals surface area (Å²) in [6.45, 7) is -0.830. The SMILES string of the molecule is NC(N)=NCCCC(NC(=O)C1CCCN1C(=O)[C@H](NC(=O)O)c1cccnc1)C(=O)CF. The fourth-order valence-corrected chi connectivity index (χ4v) is 3.61. The predicted molar refractivity (Wildman–Crippen MR) is 116 cm³/mol. The topological polar surface area (TPSA) is 193 Å². The summed E-state index contributed by atoms with van der Waals surface area (Å²) in [5.74, 6) is -2.16. The second-order valence-corrected chi connectivity index (χ2v) is 7.47. The molecule has 0 spiro atoms. The average molecular weight is 465 g/mol. The van der Waals surface area contributed by atoms with Crippen molar-refractivity contribution >= 4 is 29.7 Å². The van der Waals surface area contributed by atoms with Crippen LogP contribution < -0.4 is 22.1 Å². The van der Waals surface area contributed by atoms with E-state index < -0.39 is 48.5 Å². The van der Waals surface area contributed by atoms with Crippen LogP contribution in [-0.2, 0) is 14.4 Å². The lowest BCUT2D eigenvalue weighted by molar-refractivity contribution is -0.140. The van der Waals surface area contributed by atoms with Gasteiger partial charge in [-0.1, -0.05) is 6.07 Å². The molecule has 2 unspecified atom stereocenters. The molecule has 0 saturated carbocycles. The van der Waals surface area contributed by atoms with Crippen LogP contribution in [0.3, 0.4) is 0 Å². The van der Waals surface area contributed by atoms with E-state index in [9.17, 15) is 28.7 Å². The molecule has 1 fully saturated rings. The number of amides is 3. The molecule has 3 amide bonds. The highest BCUT2D eigenvalue weighted by atomic mass is 19.1. The van der Waals surface area contributed by atoms with Gasteiger partial charge in [-0.3, -0.25) is 24.4 Å². The summed E-state index contributed by atoms with van der Waals surface area (Å²) in [6, 6.07) is -0.181. The second-order valence-electron chi connectivity index (χ2n) is 7.47. The molecule has 33 heavy (non-hydrogen) atoms. The van der Waals surface area contributed by atoms with E-state index in [0.717, 1.165) is 0 Å². The Morgan fingerprint density at radius 2 is 2.06 bits per heavy atom. The number of hydrogen-bond acceptors (Lipinski definition) is 6. The molecule has 7 N–H and O–H groups in total. The summed E-state index contributed by atoms with van der Waals surface area (Å²) in [5.41, 5.74) is 10.8. The zero-order valence-corrected chi connectivity index (χ0v) is 17.9. The number of likely N-dealkylation sites (tertiary alicyclic amines) is 1. The van der Waals surface area contributed by atoms with Gasteiger partial charge in [0.25, 0.3) is 5.91 Å². The van der Waals surface area contributed by atoms with E-state index in [-0.39, 0.29) is 25.5 Å². The Hall–Kier alpha value is -3.77. The van der Waals surface area contributed by atoms with Crippen LogP contribution in [0, 0.1) is 0 Å². The Balaban J connectivity index is 2.13. The standard InChI is InChI=1S/C20H28FN7O5/c21-10-15(29)13(5-2-8-25-19(22)23)26-17(30)14-6-3-9-28(14)18(31)16(27-20(32)33)12-4-1-7-24-11-12/h1,4,7,11,13-14,16,27H,2-3,5-6,8-10H2,(H,26,30)(H,32,33)(H4,22,23,25)/t13?,14?,16-/m1/s1. The van der Waals surface area contributed by atoms with Gasteiger partial charge in [0.1, 0.15) is 18.8 Å². The molecule has 1 aromatic rings. The first-order valence-electron chi connectivity index (χ1n) is 10.4. The number of guanidine groups is 1. The van der Waals surface area contributed by atoms with Gasteiger partial charge in [0.05, 0.1) is 6.04 Å². The highest BCUT2D eigenvalue weighted by molar-refractivity contribution is 5.95. The van der Waals surface area contributed by atoms with Crippen LogP contribution >= 0.6 is 0 Å². The number of carboxylic acid groups (broad SMARTS) is 1. The molecular formula is C20H28FN7O5. The molecule has 13 heteroatoms. The van der Waals surface area contributed by atoms with Gasteiger partial charge >= 0.3 is 6.09 Å². The first kappa shape index (κ1) is 25.5. The second kappa shape index (κ2) is 12.3. The van der Waals surface area contributed by atoms with E-state index >= 15 is 0 Å². The van der Waals surface area contributed by atoms with Gasteiger partial charge in [-0.25, -0.2) is 9.18 Å². The monoisotopic (exact) mass is 465 g/mol. The van der Waals surface area contributed by atoms with Crippen LogP contribution in [0.1, 0.15) is 37.3 Å². The van der Waals surface area contributed by atoms with E-state index in [1.54, 1.807) is 12.1 Å². The zero-order chi connectivity index (χ0) is 24.4. The van der Waals surface area contributed by atoms with Crippen LogP contribution in [0.25, 0.3) is 0 Å². The number of aromatic nitrogens is 1. The first-order chi connectivity index (χ1) is 15.7. The highest BCUT2D eigenvalue weighted by Gasteiger charge is 2.39. The molecule has 1 aliphatic heterocycles. The number of hydrogen-bond donors (Lipinski definition) is 5. The maximum absolute atomic E-state index is 13.2. The molecule has 1 aliphatic rings. The Bertz CT molecular complexity index is 879. The Labute approximate surface area is 189 Å². The van der Waals surface area contributed by atoms with Crippen LogP contribution in [0.15, 0.2) is 29.5 Å². The van der Waals surface area contributed by atoms with Crippen LogP contribution in [0.2, 0.25) is 0 Å². The van der Waals surface area contributed by atoms with Crippen molar-refractivity contribution < 1.29 is 28.7 Å². The van der Waals surface area contributed by atoms with Gasteiger partial charge < -0.3 is 32.1 Å². The molecule has 0 aromatic carbocycles. The fourth-order valence-electron chi connectivity index (χ4n) is 3.61. The zero-order valence-electron chi connectivity index (χ0n) is 17.9. The summed E-state index contributed by atoms with van der Waals surface area (Å²) < 4.78 is 13.0. The molecule has 12 nitrogen and oxygen atoms in total. The van der Waals surface area contributed by atoms with Gasteiger partial charge in [0.15, 0.2) is 11.7 Å². The van der Waals surface area contributed by atoms with Crippen molar-refractivity contribution in [3.8, 4) is 0 Å². The molecule has 3 atom stereocenters. The number of halogens is 1. The number of Topliss-reactive ketones (excluding diaryl/α,β-unsaturated/α-hetero) is 1. The summed E-state index contributed by atoms with van der Waals surface area (Å²) in [5, 5.41) is 13.9. The number of carbonyl (C=O) groups is 4.